The standard InChI is InChI=1S/C12H15N3O4S/c1-15(9-4-6-20(16,17)8-9)7-11-13-12(14-19-11)10-3-2-5-18-10/h2-3,5,9H,4,6-8H2,1H3. The van der Waals surface area contributed by atoms with Crippen molar-refractivity contribution in [2.45, 2.75) is 19.0 Å². The van der Waals surface area contributed by atoms with Gasteiger partial charge >= 0.3 is 0 Å². The quantitative estimate of drug-likeness (QED) is 0.829. The van der Waals surface area contributed by atoms with E-state index in [1.165, 1.54) is 0 Å². The molecule has 3 rings (SSSR count). The minimum absolute atomic E-state index is 0.0129. The monoisotopic (exact) mass is 297 g/mol. The fourth-order valence-electron chi connectivity index (χ4n) is 2.29. The fraction of sp³-hybridized carbons (Fsp3) is 0.500. The molecule has 3 heterocycles. The number of aromatic nitrogens is 2. The lowest BCUT2D eigenvalue weighted by Crippen LogP contribution is -2.32. The predicted octanol–water partition coefficient (Wildman–Crippen LogP) is 0.948. The van der Waals surface area contributed by atoms with E-state index in [1.54, 1.807) is 18.4 Å². The molecular formula is C12H15N3O4S. The Labute approximate surface area is 116 Å². The SMILES string of the molecule is CN(Cc1nc(-c2ccco2)no1)C1CCS(=O)(=O)C1. The minimum Gasteiger partial charge on any atom is -0.461 e. The summed E-state index contributed by atoms with van der Waals surface area (Å²) in [5.74, 6) is 1.85. The lowest BCUT2D eigenvalue weighted by atomic mass is 10.2. The molecule has 0 spiro atoms. The highest BCUT2D eigenvalue weighted by molar-refractivity contribution is 7.91. The van der Waals surface area contributed by atoms with Crippen LogP contribution in [-0.4, -0.2) is 48.1 Å². The van der Waals surface area contributed by atoms with Gasteiger partial charge in [0.1, 0.15) is 0 Å². The van der Waals surface area contributed by atoms with Crippen LogP contribution in [-0.2, 0) is 16.4 Å². The van der Waals surface area contributed by atoms with Gasteiger partial charge in [0, 0.05) is 6.04 Å². The molecule has 108 valence electrons. The van der Waals surface area contributed by atoms with E-state index >= 15 is 0 Å². The Hall–Kier alpha value is -1.67. The molecular weight excluding hydrogens is 282 g/mol. The summed E-state index contributed by atoms with van der Waals surface area (Å²) in [7, 11) is -1.02. The van der Waals surface area contributed by atoms with Gasteiger partial charge in [-0.1, -0.05) is 5.16 Å². The molecule has 20 heavy (non-hydrogen) atoms. The van der Waals surface area contributed by atoms with Gasteiger partial charge in [-0.2, -0.15) is 4.98 Å². The van der Waals surface area contributed by atoms with Gasteiger partial charge in [-0.15, -0.1) is 0 Å². The minimum atomic E-state index is -2.89. The molecule has 8 heteroatoms. The first-order chi connectivity index (χ1) is 9.53. The van der Waals surface area contributed by atoms with Gasteiger partial charge < -0.3 is 8.94 Å². The van der Waals surface area contributed by atoms with Crippen molar-refractivity contribution in [3.05, 3.63) is 24.3 Å². The Bertz CT molecular complexity index is 677. The van der Waals surface area contributed by atoms with Gasteiger partial charge in [-0.05, 0) is 25.6 Å². The molecule has 2 aromatic rings. The molecule has 0 saturated carbocycles. The summed E-state index contributed by atoms with van der Waals surface area (Å²) in [6.45, 7) is 0.424. The van der Waals surface area contributed by atoms with Crippen molar-refractivity contribution in [2.24, 2.45) is 0 Å². The van der Waals surface area contributed by atoms with Crippen LogP contribution >= 0.6 is 0 Å². The Morgan fingerprint density at radius 3 is 3.00 bits per heavy atom. The maximum Gasteiger partial charge on any atom is 0.241 e. The van der Waals surface area contributed by atoms with Crippen molar-refractivity contribution in [2.75, 3.05) is 18.6 Å². The van der Waals surface area contributed by atoms with Gasteiger partial charge in [0.2, 0.25) is 11.7 Å². The summed E-state index contributed by atoms with van der Waals surface area (Å²) in [4.78, 5) is 6.17. The average molecular weight is 297 g/mol. The number of hydrogen-bond acceptors (Lipinski definition) is 7. The largest absolute Gasteiger partial charge is 0.461 e. The van der Waals surface area contributed by atoms with Crippen LogP contribution in [0.5, 0.6) is 0 Å². The second-order valence-electron chi connectivity index (χ2n) is 4.96. The summed E-state index contributed by atoms with van der Waals surface area (Å²) in [6, 6.07) is 3.52. The van der Waals surface area contributed by atoms with E-state index in [0.29, 0.717) is 30.4 Å². The van der Waals surface area contributed by atoms with E-state index in [1.807, 2.05) is 11.9 Å². The van der Waals surface area contributed by atoms with Crippen LogP contribution in [0.3, 0.4) is 0 Å². The van der Waals surface area contributed by atoms with Crippen molar-refractivity contribution in [3.8, 4) is 11.6 Å². The van der Waals surface area contributed by atoms with Gasteiger partial charge in [0.15, 0.2) is 15.6 Å². The van der Waals surface area contributed by atoms with Crippen LogP contribution in [0.15, 0.2) is 27.3 Å². The predicted molar refractivity (Wildman–Crippen MR) is 70.5 cm³/mol. The van der Waals surface area contributed by atoms with Crippen molar-refractivity contribution >= 4 is 9.84 Å². The van der Waals surface area contributed by atoms with Gasteiger partial charge in [0.25, 0.3) is 0 Å². The molecule has 1 unspecified atom stereocenters. The van der Waals surface area contributed by atoms with E-state index < -0.39 is 9.84 Å². The van der Waals surface area contributed by atoms with E-state index in [4.69, 9.17) is 8.94 Å². The zero-order chi connectivity index (χ0) is 14.2. The van der Waals surface area contributed by atoms with Crippen LogP contribution in [0.2, 0.25) is 0 Å². The Morgan fingerprint density at radius 2 is 2.35 bits per heavy atom. The van der Waals surface area contributed by atoms with Crippen molar-refractivity contribution < 1.29 is 17.4 Å². The summed E-state index contributed by atoms with van der Waals surface area (Å²) in [5.41, 5.74) is 0. The molecule has 7 nitrogen and oxygen atoms in total. The number of sulfone groups is 1. The summed E-state index contributed by atoms with van der Waals surface area (Å²) < 4.78 is 33.3. The van der Waals surface area contributed by atoms with E-state index in [9.17, 15) is 8.42 Å². The lowest BCUT2D eigenvalue weighted by Gasteiger charge is -2.20. The van der Waals surface area contributed by atoms with Crippen molar-refractivity contribution in [1.82, 2.24) is 15.0 Å². The van der Waals surface area contributed by atoms with Crippen LogP contribution in [0.4, 0.5) is 0 Å². The summed E-state index contributed by atoms with van der Waals surface area (Å²) in [5, 5.41) is 3.84. The molecule has 0 amide bonds. The van der Waals surface area contributed by atoms with Crippen LogP contribution < -0.4 is 0 Å². The smallest absolute Gasteiger partial charge is 0.241 e. The van der Waals surface area contributed by atoms with Gasteiger partial charge in [-0.3, -0.25) is 4.90 Å². The highest BCUT2D eigenvalue weighted by Gasteiger charge is 2.31. The zero-order valence-electron chi connectivity index (χ0n) is 11.0. The maximum absolute atomic E-state index is 11.5. The van der Waals surface area contributed by atoms with E-state index in [0.717, 1.165) is 0 Å². The first-order valence-electron chi connectivity index (χ1n) is 6.31. The average Bonchev–Trinajstić information content (AvgIpc) is 3.07. The van der Waals surface area contributed by atoms with Crippen LogP contribution in [0.1, 0.15) is 12.3 Å². The molecule has 0 radical (unpaired) electrons. The fourth-order valence-corrected chi connectivity index (χ4v) is 4.10. The third-order valence-electron chi connectivity index (χ3n) is 3.43. The van der Waals surface area contributed by atoms with E-state index in [2.05, 4.69) is 10.1 Å². The molecule has 0 aromatic carbocycles. The first-order valence-corrected chi connectivity index (χ1v) is 8.13. The van der Waals surface area contributed by atoms with Crippen LogP contribution in [0.25, 0.3) is 11.6 Å². The molecule has 1 aliphatic rings. The second-order valence-corrected chi connectivity index (χ2v) is 7.19. The molecule has 1 saturated heterocycles. The number of rotatable bonds is 4. The topological polar surface area (TPSA) is 89.4 Å². The Morgan fingerprint density at radius 1 is 1.50 bits per heavy atom. The van der Waals surface area contributed by atoms with E-state index in [-0.39, 0.29) is 17.5 Å². The van der Waals surface area contributed by atoms with Crippen molar-refractivity contribution in [1.29, 1.82) is 0 Å². The van der Waals surface area contributed by atoms with Crippen molar-refractivity contribution in [3.63, 3.8) is 0 Å². The molecule has 0 aliphatic carbocycles. The Kier molecular flexibility index (Phi) is 3.35. The molecule has 1 atom stereocenters. The molecule has 0 N–H and O–H groups in total. The van der Waals surface area contributed by atoms with Gasteiger partial charge in [-0.25, -0.2) is 8.42 Å². The third-order valence-corrected chi connectivity index (χ3v) is 5.18. The molecule has 2 aromatic heterocycles. The first kappa shape index (κ1) is 13.3. The molecule has 1 aliphatic heterocycles. The second kappa shape index (κ2) is 5.02. The normalized spacial score (nSPS) is 21.6. The Balaban J connectivity index is 1.66. The van der Waals surface area contributed by atoms with Gasteiger partial charge in [0.05, 0.1) is 24.3 Å². The number of nitrogens with zero attached hydrogens (tertiary/aromatic N) is 3. The highest BCUT2D eigenvalue weighted by atomic mass is 32.2. The lowest BCUT2D eigenvalue weighted by molar-refractivity contribution is 0.218. The number of hydrogen-bond donors (Lipinski definition) is 0. The highest BCUT2D eigenvalue weighted by Crippen LogP contribution is 2.20. The third kappa shape index (κ3) is 2.75. The zero-order valence-corrected chi connectivity index (χ0v) is 11.8. The maximum atomic E-state index is 11.5. The molecule has 0 bridgehead atoms. The molecule has 1 fully saturated rings. The number of furan rings is 1. The summed E-state index contributed by atoms with van der Waals surface area (Å²) in [6.07, 6.45) is 2.19. The summed E-state index contributed by atoms with van der Waals surface area (Å²) >= 11 is 0. The van der Waals surface area contributed by atoms with Crippen LogP contribution in [0, 0.1) is 0 Å².